The number of nitrogens with zero attached hydrogens (tertiary/aromatic N) is 1. The molecule has 1 amide bonds. The van der Waals surface area contributed by atoms with Crippen molar-refractivity contribution in [1.29, 1.82) is 0 Å². The Bertz CT molecular complexity index is 805. The highest BCUT2D eigenvalue weighted by Crippen LogP contribution is 2.10. The highest BCUT2D eigenvalue weighted by atomic mass is 16.5. The predicted molar refractivity (Wildman–Crippen MR) is 118 cm³/mol. The molecule has 0 spiro atoms. The van der Waals surface area contributed by atoms with Gasteiger partial charge in [-0.05, 0) is 41.7 Å². The highest BCUT2D eigenvalue weighted by Gasteiger charge is 2.06. The van der Waals surface area contributed by atoms with Crippen LogP contribution in [0.25, 0.3) is 0 Å². The summed E-state index contributed by atoms with van der Waals surface area (Å²) in [5.74, 6) is 0.676. The third-order valence-electron chi connectivity index (χ3n) is 4.52. The largest absolute Gasteiger partial charge is 0.377 e. The molecule has 0 fully saturated rings. The third kappa shape index (κ3) is 7.58. The van der Waals surface area contributed by atoms with Crippen LogP contribution in [0.4, 0.5) is 0 Å². The summed E-state index contributed by atoms with van der Waals surface area (Å²) < 4.78 is 5.69. The van der Waals surface area contributed by atoms with Crippen molar-refractivity contribution in [2.45, 2.75) is 32.9 Å². The minimum atomic E-state index is -0.0705. The molecule has 0 heterocycles. The molecule has 0 aliphatic heterocycles. The van der Waals surface area contributed by atoms with Gasteiger partial charge < -0.3 is 20.7 Å². The van der Waals surface area contributed by atoms with E-state index in [-0.39, 0.29) is 5.91 Å². The summed E-state index contributed by atoms with van der Waals surface area (Å²) in [5, 5.41) is 9.34. The smallest absolute Gasteiger partial charge is 0.251 e. The van der Waals surface area contributed by atoms with Crippen LogP contribution in [0.2, 0.25) is 0 Å². The summed E-state index contributed by atoms with van der Waals surface area (Å²) in [7, 11) is 3.40. The average molecular weight is 397 g/mol. The highest BCUT2D eigenvalue weighted by molar-refractivity contribution is 5.94. The van der Waals surface area contributed by atoms with Crippen LogP contribution in [-0.2, 0) is 24.3 Å². The molecular formula is C23H32N4O2. The van der Waals surface area contributed by atoms with Gasteiger partial charge in [0.15, 0.2) is 5.96 Å². The normalized spacial score (nSPS) is 11.2. The molecule has 0 radical (unpaired) electrons. The molecule has 2 aromatic carbocycles. The Hall–Kier alpha value is -2.86. The van der Waals surface area contributed by atoms with Gasteiger partial charge in [-0.25, -0.2) is 0 Å². The summed E-state index contributed by atoms with van der Waals surface area (Å²) in [6.45, 7) is 4.90. The second-order valence-electron chi connectivity index (χ2n) is 6.70. The van der Waals surface area contributed by atoms with Crippen molar-refractivity contribution < 1.29 is 9.53 Å². The number of amides is 1. The minimum absolute atomic E-state index is 0.0705. The van der Waals surface area contributed by atoms with E-state index in [0.29, 0.717) is 18.7 Å². The first-order valence-electron chi connectivity index (χ1n) is 10.1. The maximum Gasteiger partial charge on any atom is 0.251 e. The van der Waals surface area contributed by atoms with E-state index in [0.717, 1.165) is 37.5 Å². The van der Waals surface area contributed by atoms with Gasteiger partial charge in [-0.3, -0.25) is 9.79 Å². The van der Waals surface area contributed by atoms with Gasteiger partial charge in [0, 0.05) is 39.4 Å². The molecule has 0 aliphatic carbocycles. The van der Waals surface area contributed by atoms with Crippen molar-refractivity contribution in [3.63, 3.8) is 0 Å². The molecule has 29 heavy (non-hydrogen) atoms. The molecule has 0 aliphatic rings. The third-order valence-corrected chi connectivity index (χ3v) is 4.52. The van der Waals surface area contributed by atoms with Crippen molar-refractivity contribution >= 4 is 11.9 Å². The van der Waals surface area contributed by atoms with Gasteiger partial charge >= 0.3 is 0 Å². The molecule has 0 aromatic heterocycles. The Morgan fingerprint density at radius 3 is 2.59 bits per heavy atom. The van der Waals surface area contributed by atoms with Crippen LogP contribution < -0.4 is 16.0 Å². The number of ether oxygens (including phenoxy) is 1. The summed E-state index contributed by atoms with van der Waals surface area (Å²) in [5.41, 5.74) is 4.17. The minimum Gasteiger partial charge on any atom is -0.377 e. The van der Waals surface area contributed by atoms with Gasteiger partial charge in [-0.15, -0.1) is 0 Å². The van der Waals surface area contributed by atoms with E-state index in [2.05, 4.69) is 40.0 Å². The molecule has 6 heteroatoms. The fraction of sp³-hybridized carbons (Fsp3) is 0.391. The lowest BCUT2D eigenvalue weighted by molar-refractivity contribution is 0.0963. The summed E-state index contributed by atoms with van der Waals surface area (Å²) in [6, 6.07) is 15.9. The molecule has 0 unspecified atom stereocenters. The Kier molecular flexibility index (Phi) is 9.72. The van der Waals surface area contributed by atoms with Gasteiger partial charge in [-0.2, -0.15) is 0 Å². The molecule has 3 N–H and O–H groups in total. The lowest BCUT2D eigenvalue weighted by Gasteiger charge is -2.14. The van der Waals surface area contributed by atoms with E-state index in [9.17, 15) is 4.79 Å². The molecule has 0 saturated heterocycles. The fourth-order valence-corrected chi connectivity index (χ4v) is 2.93. The molecule has 6 nitrogen and oxygen atoms in total. The second-order valence-corrected chi connectivity index (χ2v) is 6.70. The molecule has 0 saturated carbocycles. The molecular weight excluding hydrogens is 364 g/mol. The topological polar surface area (TPSA) is 74.8 Å². The van der Waals surface area contributed by atoms with Crippen LogP contribution in [0, 0.1) is 0 Å². The van der Waals surface area contributed by atoms with Gasteiger partial charge in [0.1, 0.15) is 0 Å². The quantitative estimate of drug-likeness (QED) is 0.328. The summed E-state index contributed by atoms with van der Waals surface area (Å²) in [6.07, 6.45) is 1.82. The number of rotatable bonds is 10. The standard InChI is InChI=1S/C23H32N4O2/c1-4-14-29-17-21-10-6-5-9-20(21)16-27-23(25-3)26-13-12-18-8-7-11-19(15-18)22(28)24-2/h5-11,15H,4,12-14,16-17H2,1-3H3,(H,24,28)(H2,25,26,27). The maximum atomic E-state index is 11.8. The summed E-state index contributed by atoms with van der Waals surface area (Å²) in [4.78, 5) is 16.1. The summed E-state index contributed by atoms with van der Waals surface area (Å²) >= 11 is 0. The van der Waals surface area contributed by atoms with E-state index >= 15 is 0 Å². The van der Waals surface area contributed by atoms with Gasteiger partial charge in [0.05, 0.1) is 6.61 Å². The number of hydrogen-bond donors (Lipinski definition) is 3. The van der Waals surface area contributed by atoms with Crippen LogP contribution in [0.15, 0.2) is 53.5 Å². The van der Waals surface area contributed by atoms with Gasteiger partial charge in [0.2, 0.25) is 0 Å². The molecule has 2 aromatic rings. The van der Waals surface area contributed by atoms with Crippen molar-refractivity contribution in [2.24, 2.45) is 4.99 Å². The number of nitrogens with one attached hydrogen (secondary N) is 3. The average Bonchev–Trinajstić information content (AvgIpc) is 2.76. The van der Waals surface area contributed by atoms with Crippen LogP contribution in [0.3, 0.4) is 0 Å². The number of benzene rings is 2. The molecule has 0 atom stereocenters. The number of carbonyl (C=O) groups excluding carboxylic acids is 1. The van der Waals surface area contributed by atoms with Crippen molar-refractivity contribution in [2.75, 3.05) is 27.2 Å². The van der Waals surface area contributed by atoms with E-state index < -0.39 is 0 Å². The lowest BCUT2D eigenvalue weighted by Crippen LogP contribution is -2.38. The van der Waals surface area contributed by atoms with E-state index in [1.165, 1.54) is 11.1 Å². The second kappa shape index (κ2) is 12.6. The lowest BCUT2D eigenvalue weighted by atomic mass is 10.1. The van der Waals surface area contributed by atoms with E-state index in [1.807, 2.05) is 36.4 Å². The van der Waals surface area contributed by atoms with Crippen LogP contribution in [-0.4, -0.2) is 39.1 Å². The van der Waals surface area contributed by atoms with Crippen LogP contribution in [0.1, 0.15) is 40.4 Å². The zero-order valence-electron chi connectivity index (χ0n) is 17.6. The fourth-order valence-electron chi connectivity index (χ4n) is 2.93. The first-order chi connectivity index (χ1) is 14.2. The number of aliphatic imine (C=N–C) groups is 1. The number of guanidine groups is 1. The van der Waals surface area contributed by atoms with Crippen molar-refractivity contribution in [3.05, 3.63) is 70.8 Å². The van der Waals surface area contributed by atoms with Crippen molar-refractivity contribution in [1.82, 2.24) is 16.0 Å². The van der Waals surface area contributed by atoms with E-state index in [4.69, 9.17) is 4.74 Å². The van der Waals surface area contributed by atoms with Crippen molar-refractivity contribution in [3.8, 4) is 0 Å². The Labute approximate surface area is 173 Å². The molecule has 0 bridgehead atoms. The predicted octanol–water partition coefficient (Wildman–Crippen LogP) is 2.88. The molecule has 2 rings (SSSR count). The molecule has 156 valence electrons. The van der Waals surface area contributed by atoms with E-state index in [1.54, 1.807) is 14.1 Å². The maximum absolute atomic E-state index is 11.8. The van der Waals surface area contributed by atoms with Crippen LogP contribution >= 0.6 is 0 Å². The Morgan fingerprint density at radius 1 is 1.07 bits per heavy atom. The van der Waals surface area contributed by atoms with Gasteiger partial charge in [-0.1, -0.05) is 43.3 Å². The first kappa shape index (κ1) is 22.4. The Balaban J connectivity index is 1.84. The Morgan fingerprint density at radius 2 is 1.86 bits per heavy atom. The monoisotopic (exact) mass is 396 g/mol. The SMILES string of the molecule is CCCOCc1ccccc1CNC(=NC)NCCc1cccc(C(=O)NC)c1. The number of hydrogen-bond acceptors (Lipinski definition) is 3. The zero-order chi connectivity index (χ0) is 20.9. The van der Waals surface area contributed by atoms with Gasteiger partial charge in [0.25, 0.3) is 5.91 Å². The number of carbonyl (C=O) groups is 1. The first-order valence-corrected chi connectivity index (χ1v) is 10.1. The van der Waals surface area contributed by atoms with Crippen LogP contribution in [0.5, 0.6) is 0 Å². The zero-order valence-corrected chi connectivity index (χ0v) is 17.6.